The molecule has 4 rings (SSSR count). The third kappa shape index (κ3) is 4.78. The normalized spacial score (nSPS) is 14.8. The molecular formula is C25H21ClN2O3. The molecule has 5 nitrogen and oxygen atoms in total. The fraction of sp³-hybridized carbons (Fsp3) is 0.120. The molecule has 1 aliphatic heterocycles. The molecule has 1 heterocycles. The molecule has 1 aliphatic rings. The lowest BCUT2D eigenvalue weighted by atomic mass is 10.1. The van der Waals surface area contributed by atoms with Crippen LogP contribution < -0.4 is 10.1 Å². The van der Waals surface area contributed by atoms with E-state index in [4.69, 9.17) is 16.3 Å². The second-order valence-electron chi connectivity index (χ2n) is 7.28. The molecule has 0 spiro atoms. The Labute approximate surface area is 185 Å². The van der Waals surface area contributed by atoms with E-state index in [0.717, 1.165) is 16.7 Å². The predicted octanol–water partition coefficient (Wildman–Crippen LogP) is 5.32. The van der Waals surface area contributed by atoms with Gasteiger partial charge in [0.15, 0.2) is 0 Å². The second kappa shape index (κ2) is 9.06. The maximum atomic E-state index is 12.8. The predicted molar refractivity (Wildman–Crippen MR) is 120 cm³/mol. The van der Waals surface area contributed by atoms with Crippen LogP contribution in [0.25, 0.3) is 6.08 Å². The molecule has 0 atom stereocenters. The number of nitrogens with one attached hydrogen (secondary N) is 1. The van der Waals surface area contributed by atoms with E-state index in [-0.39, 0.29) is 18.1 Å². The van der Waals surface area contributed by atoms with Crippen LogP contribution in [-0.2, 0) is 17.9 Å². The van der Waals surface area contributed by atoms with Crippen molar-refractivity contribution >= 4 is 29.6 Å². The van der Waals surface area contributed by atoms with Crippen molar-refractivity contribution in [3.05, 3.63) is 106 Å². The lowest BCUT2D eigenvalue weighted by molar-refractivity contribution is -0.123. The Hall–Kier alpha value is -3.57. The second-order valence-corrected chi connectivity index (χ2v) is 7.69. The van der Waals surface area contributed by atoms with Crippen molar-refractivity contribution in [1.82, 2.24) is 10.2 Å². The zero-order chi connectivity index (χ0) is 21.8. The van der Waals surface area contributed by atoms with Crippen molar-refractivity contribution < 1.29 is 14.3 Å². The number of urea groups is 1. The number of ether oxygens (including phenoxy) is 1. The van der Waals surface area contributed by atoms with Gasteiger partial charge < -0.3 is 10.1 Å². The van der Waals surface area contributed by atoms with Crippen LogP contribution in [-0.4, -0.2) is 16.8 Å². The van der Waals surface area contributed by atoms with Crippen molar-refractivity contribution in [2.75, 3.05) is 0 Å². The number of benzene rings is 3. The molecule has 1 N–H and O–H groups in total. The maximum absolute atomic E-state index is 12.8. The van der Waals surface area contributed by atoms with Crippen LogP contribution in [0.15, 0.2) is 78.5 Å². The lowest BCUT2D eigenvalue weighted by Gasteiger charge is -2.12. The van der Waals surface area contributed by atoms with Gasteiger partial charge in [-0.25, -0.2) is 4.79 Å². The van der Waals surface area contributed by atoms with Gasteiger partial charge in [0.25, 0.3) is 5.91 Å². The zero-order valence-electron chi connectivity index (χ0n) is 17.0. The summed E-state index contributed by atoms with van der Waals surface area (Å²) < 4.78 is 5.94. The fourth-order valence-electron chi connectivity index (χ4n) is 3.25. The summed E-state index contributed by atoms with van der Waals surface area (Å²) in [5.41, 5.74) is 3.77. The topological polar surface area (TPSA) is 58.6 Å². The van der Waals surface area contributed by atoms with Gasteiger partial charge in [-0.15, -0.1) is 0 Å². The molecule has 6 heteroatoms. The van der Waals surface area contributed by atoms with Gasteiger partial charge in [-0.1, -0.05) is 77.8 Å². The van der Waals surface area contributed by atoms with Crippen molar-refractivity contribution in [1.29, 1.82) is 0 Å². The van der Waals surface area contributed by atoms with E-state index >= 15 is 0 Å². The number of carbonyl (C=O) groups excluding carboxylic acids is 2. The summed E-state index contributed by atoms with van der Waals surface area (Å²) in [5, 5.41) is 3.29. The standard InChI is InChI=1S/C25H21ClN2O3/c1-17-10-12-18(13-11-17)15-28-24(29)22(27-25(28)30)14-19-6-3-5-9-23(19)31-16-20-7-2-4-8-21(20)26/h2-14H,15-16H2,1H3,(H,27,30)/b22-14+. The highest BCUT2D eigenvalue weighted by Gasteiger charge is 2.33. The summed E-state index contributed by atoms with van der Waals surface area (Å²) in [6.07, 6.45) is 1.64. The number of carbonyl (C=O) groups is 2. The summed E-state index contributed by atoms with van der Waals surface area (Å²) in [6.45, 7) is 2.50. The average Bonchev–Trinajstić information content (AvgIpc) is 3.03. The molecule has 31 heavy (non-hydrogen) atoms. The molecule has 156 valence electrons. The molecule has 3 aromatic carbocycles. The molecular weight excluding hydrogens is 412 g/mol. The number of halogens is 1. The molecule has 0 bridgehead atoms. The third-order valence-corrected chi connectivity index (χ3v) is 5.35. The lowest BCUT2D eigenvalue weighted by Crippen LogP contribution is -2.30. The smallest absolute Gasteiger partial charge is 0.329 e. The first kappa shape index (κ1) is 20.7. The number of rotatable bonds is 6. The van der Waals surface area contributed by atoms with E-state index in [2.05, 4.69) is 5.32 Å². The number of aryl methyl sites for hydroxylation is 1. The van der Waals surface area contributed by atoms with E-state index in [0.29, 0.717) is 22.9 Å². The summed E-state index contributed by atoms with van der Waals surface area (Å²) in [5.74, 6) is 0.223. The molecule has 0 aliphatic carbocycles. The number of nitrogens with zero attached hydrogens (tertiary/aromatic N) is 1. The molecule has 0 unspecified atom stereocenters. The van der Waals surface area contributed by atoms with Gasteiger partial charge in [0.2, 0.25) is 0 Å². The quantitative estimate of drug-likeness (QED) is 0.423. The number of hydrogen-bond acceptors (Lipinski definition) is 3. The maximum Gasteiger partial charge on any atom is 0.329 e. The van der Waals surface area contributed by atoms with Crippen LogP contribution in [0.2, 0.25) is 5.02 Å². The number of imide groups is 1. The van der Waals surface area contributed by atoms with Crippen molar-refractivity contribution in [3.8, 4) is 5.75 Å². The Bertz CT molecular complexity index is 1160. The third-order valence-electron chi connectivity index (χ3n) is 4.98. The Morgan fingerprint density at radius 1 is 0.968 bits per heavy atom. The first-order chi connectivity index (χ1) is 15.0. The number of para-hydroxylation sites is 1. The van der Waals surface area contributed by atoms with Crippen LogP contribution in [0.5, 0.6) is 5.75 Å². The van der Waals surface area contributed by atoms with Crippen LogP contribution in [0.3, 0.4) is 0 Å². The van der Waals surface area contributed by atoms with Gasteiger partial charge in [0, 0.05) is 16.1 Å². The molecule has 3 aromatic rings. The average molecular weight is 433 g/mol. The minimum absolute atomic E-state index is 0.214. The summed E-state index contributed by atoms with van der Waals surface area (Å²) in [7, 11) is 0. The Morgan fingerprint density at radius 3 is 2.45 bits per heavy atom. The van der Waals surface area contributed by atoms with E-state index in [1.165, 1.54) is 4.90 Å². The minimum Gasteiger partial charge on any atom is -0.488 e. The van der Waals surface area contributed by atoms with E-state index < -0.39 is 6.03 Å². The molecule has 1 saturated heterocycles. The summed E-state index contributed by atoms with van der Waals surface area (Å²) in [6, 6.07) is 22.1. The van der Waals surface area contributed by atoms with Gasteiger partial charge in [-0.05, 0) is 30.7 Å². The molecule has 0 saturated carbocycles. The van der Waals surface area contributed by atoms with Crippen LogP contribution in [0, 0.1) is 6.92 Å². The summed E-state index contributed by atoms with van der Waals surface area (Å²) in [4.78, 5) is 26.4. The van der Waals surface area contributed by atoms with E-state index in [1.807, 2.05) is 79.7 Å². The highest BCUT2D eigenvalue weighted by atomic mass is 35.5. The fourth-order valence-corrected chi connectivity index (χ4v) is 3.44. The van der Waals surface area contributed by atoms with E-state index in [9.17, 15) is 9.59 Å². The van der Waals surface area contributed by atoms with Gasteiger partial charge >= 0.3 is 6.03 Å². The highest BCUT2D eigenvalue weighted by Crippen LogP contribution is 2.25. The Kier molecular flexibility index (Phi) is 6.05. The van der Waals surface area contributed by atoms with Crippen molar-refractivity contribution in [2.45, 2.75) is 20.1 Å². The van der Waals surface area contributed by atoms with Crippen molar-refractivity contribution in [2.24, 2.45) is 0 Å². The van der Waals surface area contributed by atoms with Gasteiger partial charge in [-0.2, -0.15) is 0 Å². The first-order valence-corrected chi connectivity index (χ1v) is 10.2. The van der Waals surface area contributed by atoms with Crippen LogP contribution >= 0.6 is 11.6 Å². The minimum atomic E-state index is -0.439. The van der Waals surface area contributed by atoms with Gasteiger partial charge in [0.05, 0.1) is 6.54 Å². The molecule has 3 amide bonds. The zero-order valence-corrected chi connectivity index (χ0v) is 17.7. The number of hydrogen-bond donors (Lipinski definition) is 1. The van der Waals surface area contributed by atoms with E-state index in [1.54, 1.807) is 6.08 Å². The monoisotopic (exact) mass is 432 g/mol. The molecule has 0 aromatic heterocycles. The van der Waals surface area contributed by atoms with Crippen LogP contribution in [0.1, 0.15) is 22.3 Å². The largest absolute Gasteiger partial charge is 0.488 e. The first-order valence-electron chi connectivity index (χ1n) is 9.86. The van der Waals surface area contributed by atoms with Crippen LogP contribution in [0.4, 0.5) is 4.79 Å². The SMILES string of the molecule is Cc1ccc(CN2C(=O)N/C(=C/c3ccccc3OCc3ccccc3Cl)C2=O)cc1. The molecule has 0 radical (unpaired) electrons. The molecule has 1 fully saturated rings. The van der Waals surface area contributed by atoms with Crippen molar-refractivity contribution in [3.63, 3.8) is 0 Å². The number of amides is 3. The van der Waals surface area contributed by atoms with Gasteiger partial charge in [-0.3, -0.25) is 9.69 Å². The Balaban J connectivity index is 1.52. The Morgan fingerprint density at radius 2 is 1.68 bits per heavy atom. The highest BCUT2D eigenvalue weighted by molar-refractivity contribution is 6.31. The van der Waals surface area contributed by atoms with Gasteiger partial charge in [0.1, 0.15) is 18.1 Å². The summed E-state index contributed by atoms with van der Waals surface area (Å²) >= 11 is 6.20.